The van der Waals surface area contributed by atoms with Gasteiger partial charge in [-0.15, -0.1) is 0 Å². The molecule has 2 aliphatic heterocycles. The molecule has 0 aromatic heterocycles. The van der Waals surface area contributed by atoms with Gasteiger partial charge in [0.2, 0.25) is 5.69 Å². The van der Waals surface area contributed by atoms with Gasteiger partial charge >= 0.3 is 5.97 Å². The first-order valence-corrected chi connectivity index (χ1v) is 19.8. The highest BCUT2D eigenvalue weighted by Gasteiger charge is 2.49. The number of halogens is 2. The molecule has 1 unspecified atom stereocenters. The van der Waals surface area contributed by atoms with Crippen molar-refractivity contribution < 1.29 is 33.1 Å². The van der Waals surface area contributed by atoms with Gasteiger partial charge in [-0.2, -0.15) is 4.58 Å². The summed E-state index contributed by atoms with van der Waals surface area (Å²) in [6.45, 7) is 10.1. The van der Waals surface area contributed by atoms with Crippen LogP contribution in [0.1, 0.15) is 51.7 Å². The van der Waals surface area contributed by atoms with E-state index in [2.05, 4.69) is 88.6 Å². The van der Waals surface area contributed by atoms with Crippen LogP contribution in [0.2, 0.25) is 0 Å². The van der Waals surface area contributed by atoms with Crippen LogP contribution < -0.4 is 9.64 Å². The average molecular weight is 817 g/mol. The average Bonchev–Trinajstić information content (AvgIpc) is 3.57. The molecule has 0 fully saturated rings. The Balaban J connectivity index is 1.36. The lowest BCUT2D eigenvalue weighted by molar-refractivity contribution is -0.435. The summed E-state index contributed by atoms with van der Waals surface area (Å²) in [5.74, 6) is -0.597. The Kier molecular flexibility index (Phi) is 11.0. The zero-order chi connectivity index (χ0) is 39.6. The van der Waals surface area contributed by atoms with E-state index in [0.29, 0.717) is 26.0 Å². The van der Waals surface area contributed by atoms with Crippen molar-refractivity contribution >= 4 is 77.8 Å². The Morgan fingerprint density at radius 1 is 0.946 bits per heavy atom. The summed E-state index contributed by atoms with van der Waals surface area (Å²) in [6.07, 6.45) is 9.12. The zero-order valence-electron chi connectivity index (χ0n) is 32.0. The van der Waals surface area contributed by atoms with E-state index < -0.39 is 22.6 Å². The van der Waals surface area contributed by atoms with Gasteiger partial charge in [-0.25, -0.2) is 4.39 Å². The zero-order valence-corrected chi connectivity index (χ0v) is 33.6. The first-order valence-electron chi connectivity index (χ1n) is 18.9. The number of carboxylic acids is 1. The van der Waals surface area contributed by atoms with Crippen LogP contribution in [0.25, 0.3) is 32.3 Å². The van der Waals surface area contributed by atoms with E-state index in [-0.39, 0.29) is 19.6 Å². The van der Waals surface area contributed by atoms with E-state index in [4.69, 9.17) is 9.47 Å². The van der Waals surface area contributed by atoms with E-state index in [1.54, 1.807) is 0 Å². The highest BCUT2D eigenvalue weighted by molar-refractivity contribution is 9.11. The molecular formula is C47H45BrFN2O5+. The predicted octanol–water partition coefficient (Wildman–Crippen LogP) is 10.9. The maximum Gasteiger partial charge on any atom is 0.309 e. The molecule has 0 aliphatic carbocycles. The van der Waals surface area contributed by atoms with Gasteiger partial charge in [-0.1, -0.05) is 90.5 Å². The first kappa shape index (κ1) is 38.7. The van der Waals surface area contributed by atoms with Crippen molar-refractivity contribution in [3.63, 3.8) is 0 Å². The molecule has 0 saturated carbocycles. The minimum absolute atomic E-state index is 0.0905. The molecule has 2 heterocycles. The second-order valence-electron chi connectivity index (χ2n) is 14.8. The number of anilines is 1. The largest absolute Gasteiger partial charge is 0.494 e. The topological polar surface area (TPSA) is 79.1 Å². The van der Waals surface area contributed by atoms with Gasteiger partial charge in [0.05, 0.1) is 24.0 Å². The molecule has 0 radical (unpaired) electrons. The molecule has 0 saturated heterocycles. The molecule has 56 heavy (non-hydrogen) atoms. The minimum atomic E-state index is -0.906. The van der Waals surface area contributed by atoms with Crippen molar-refractivity contribution in [3.05, 3.63) is 137 Å². The molecule has 1 N–H and O–H groups in total. The van der Waals surface area contributed by atoms with Crippen molar-refractivity contribution in [3.8, 4) is 5.75 Å². The van der Waals surface area contributed by atoms with Crippen LogP contribution in [0.4, 0.5) is 15.8 Å². The lowest BCUT2D eigenvalue weighted by Crippen LogP contribution is -2.31. The molecule has 0 spiro atoms. The Labute approximate surface area is 334 Å². The third kappa shape index (κ3) is 6.83. The fourth-order valence-corrected chi connectivity index (χ4v) is 9.02. The van der Waals surface area contributed by atoms with Crippen LogP contribution in [0.15, 0.2) is 126 Å². The Morgan fingerprint density at radius 3 is 2.34 bits per heavy atom. The number of benzene rings is 5. The minimum Gasteiger partial charge on any atom is -0.494 e. The maximum absolute atomic E-state index is 16.4. The van der Waals surface area contributed by atoms with Gasteiger partial charge < -0.3 is 19.5 Å². The summed E-state index contributed by atoms with van der Waals surface area (Å²) < 4.78 is 29.4. The van der Waals surface area contributed by atoms with Crippen molar-refractivity contribution in [2.45, 2.75) is 51.4 Å². The van der Waals surface area contributed by atoms with Gasteiger partial charge in [-0.3, -0.25) is 9.59 Å². The van der Waals surface area contributed by atoms with Gasteiger partial charge in [0.15, 0.2) is 12.3 Å². The number of allylic oxidation sites excluding steroid dienone is 7. The van der Waals surface area contributed by atoms with Gasteiger partial charge in [0, 0.05) is 28.4 Å². The Bertz CT molecular complexity index is 2530. The van der Waals surface area contributed by atoms with Crippen molar-refractivity contribution in [1.82, 2.24) is 0 Å². The highest BCUT2D eigenvalue weighted by Crippen LogP contribution is 2.52. The number of hydrogen-bond acceptors (Lipinski definition) is 5. The quantitative estimate of drug-likeness (QED) is 0.0395. The van der Waals surface area contributed by atoms with E-state index in [0.717, 1.165) is 72.0 Å². The molecule has 9 heteroatoms. The smallest absolute Gasteiger partial charge is 0.309 e. The van der Waals surface area contributed by atoms with Crippen LogP contribution in [-0.2, 0) is 25.2 Å². The number of carbonyl (C=O) groups excluding carboxylic acids is 1. The highest BCUT2D eigenvalue weighted by atomic mass is 79.9. The van der Waals surface area contributed by atoms with Crippen LogP contribution in [-0.4, -0.2) is 54.1 Å². The Hall–Kier alpha value is -5.54. The fourth-order valence-electron chi connectivity index (χ4n) is 8.83. The number of nitrogens with zero attached hydrogens (tertiary/aromatic N) is 2. The number of hydrogen-bond donors (Lipinski definition) is 1. The molecule has 0 amide bonds. The monoisotopic (exact) mass is 815 g/mol. The molecule has 7 nitrogen and oxygen atoms in total. The second-order valence-corrected chi connectivity index (χ2v) is 15.4. The number of rotatable bonds is 14. The molecule has 286 valence electrons. The third-order valence-electron chi connectivity index (χ3n) is 11.2. The first-order chi connectivity index (χ1) is 27.0. The third-order valence-corrected chi connectivity index (χ3v) is 11.6. The standard InChI is InChI=1S/C47H44BrFN2O5/c1-5-56-33-19-15-31-16-20-39-43(38(31)29-33)46(2,3)40(50(39)27-28-55-30-52)21-17-32(49)18-22-41-47(4,24-10-25-48)44-36-13-8-6-11-34(36)35-12-7-9-14-37(35)45(44)51(41)26-23-42(53)54/h6-22,25,29-30H,5,23-24,26-28H2,1-4H3/p+1/b25-10+. The number of carboxylic acid groups (broad SMARTS) is 1. The summed E-state index contributed by atoms with van der Waals surface area (Å²) in [5, 5.41) is 16.3. The van der Waals surface area contributed by atoms with E-state index in [9.17, 15) is 14.7 Å². The summed E-state index contributed by atoms with van der Waals surface area (Å²) in [4.78, 5) is 27.1. The lowest BCUT2D eigenvalue weighted by Gasteiger charge is -2.26. The number of aliphatic carboxylic acids is 1. The van der Waals surface area contributed by atoms with Crippen LogP contribution in [0.5, 0.6) is 5.75 Å². The van der Waals surface area contributed by atoms with E-state index in [1.165, 1.54) is 12.2 Å². The van der Waals surface area contributed by atoms with Crippen molar-refractivity contribution in [2.24, 2.45) is 0 Å². The van der Waals surface area contributed by atoms with Gasteiger partial charge in [0.1, 0.15) is 24.6 Å². The van der Waals surface area contributed by atoms with Gasteiger partial charge in [0.25, 0.3) is 6.47 Å². The summed E-state index contributed by atoms with van der Waals surface area (Å²) >= 11 is 3.47. The summed E-state index contributed by atoms with van der Waals surface area (Å²) in [5.41, 5.74) is 4.60. The van der Waals surface area contributed by atoms with Gasteiger partial charge in [-0.05, 0) is 100 Å². The SMILES string of the molecule is CCOc1ccc2ccc3c(c2c1)C(C)(C)/C(=C/C=C(F)/C=C/C1=[N+](CCC(=O)O)c2c(c4ccccc4c4ccccc24)C1(C)C/C=C/Br)N3CCOC=O. The van der Waals surface area contributed by atoms with Crippen molar-refractivity contribution in [2.75, 3.05) is 31.2 Å². The molecule has 7 rings (SSSR count). The van der Waals surface area contributed by atoms with Crippen molar-refractivity contribution in [1.29, 1.82) is 0 Å². The summed E-state index contributed by atoms with van der Waals surface area (Å²) in [7, 11) is 0. The van der Waals surface area contributed by atoms with E-state index >= 15 is 4.39 Å². The molecule has 1 atom stereocenters. The lowest BCUT2D eigenvalue weighted by atomic mass is 9.74. The molecule has 2 aliphatic rings. The molecule has 5 aromatic carbocycles. The van der Waals surface area contributed by atoms with Crippen LogP contribution >= 0.6 is 15.9 Å². The predicted molar refractivity (Wildman–Crippen MR) is 227 cm³/mol. The molecule has 5 aromatic rings. The number of fused-ring (bicyclic) bond motifs is 9. The number of carbonyl (C=O) groups is 2. The van der Waals surface area contributed by atoms with E-state index in [1.807, 2.05) is 66.5 Å². The Morgan fingerprint density at radius 2 is 1.64 bits per heavy atom. The molecular weight excluding hydrogens is 771 g/mol. The summed E-state index contributed by atoms with van der Waals surface area (Å²) in [6, 6.07) is 26.7. The molecule has 0 bridgehead atoms. The number of ether oxygens (including phenoxy) is 2. The normalized spacial score (nSPS) is 18.6. The fraction of sp³-hybridized carbons (Fsp3) is 0.255. The van der Waals surface area contributed by atoms with Crippen LogP contribution in [0.3, 0.4) is 0 Å². The second kappa shape index (κ2) is 15.9. The maximum atomic E-state index is 16.4. The van der Waals surface area contributed by atoms with Crippen LogP contribution in [0, 0.1) is 0 Å².